The van der Waals surface area contributed by atoms with E-state index in [9.17, 15) is 29.7 Å². The lowest BCUT2D eigenvalue weighted by molar-refractivity contribution is -0.126. The lowest BCUT2D eigenvalue weighted by Gasteiger charge is -2.41. The van der Waals surface area contributed by atoms with Gasteiger partial charge in [0, 0.05) is 24.1 Å². The van der Waals surface area contributed by atoms with Crippen molar-refractivity contribution in [2.45, 2.75) is 39.2 Å². The predicted octanol–water partition coefficient (Wildman–Crippen LogP) is 1.49. The van der Waals surface area contributed by atoms with Gasteiger partial charge in [-0.2, -0.15) is 0 Å². The van der Waals surface area contributed by atoms with Crippen molar-refractivity contribution in [2.24, 2.45) is 29.2 Å². The molecule has 0 saturated carbocycles. The molecule has 0 aromatic heterocycles. The SMILES string of the molecule is CCc1cc(CN)c(O)c2c1CC1CC3CC(O)=C(C(N)=O)C(=O)C3C(O)=C1C2=O. The number of Topliss-reactive ketones (excluding diaryl/α,β-unsaturated/α-hetero) is 2. The van der Waals surface area contributed by atoms with Gasteiger partial charge in [0.05, 0.1) is 11.5 Å². The highest BCUT2D eigenvalue weighted by atomic mass is 16.3. The van der Waals surface area contributed by atoms with Crippen molar-refractivity contribution in [3.63, 3.8) is 0 Å². The minimum absolute atomic E-state index is 0.0293. The van der Waals surface area contributed by atoms with Gasteiger partial charge in [-0.05, 0) is 42.2 Å². The molecular formula is C22H24N2O6. The second kappa shape index (κ2) is 6.98. The molecule has 3 aliphatic carbocycles. The second-order valence-electron chi connectivity index (χ2n) is 8.21. The highest BCUT2D eigenvalue weighted by molar-refractivity contribution is 6.22. The van der Waals surface area contributed by atoms with E-state index >= 15 is 0 Å². The first kappa shape index (κ1) is 20.2. The molecule has 8 heteroatoms. The number of aliphatic hydroxyl groups excluding tert-OH is 2. The van der Waals surface area contributed by atoms with Crippen LogP contribution < -0.4 is 11.5 Å². The van der Waals surface area contributed by atoms with Crippen LogP contribution in [0.15, 0.2) is 28.7 Å². The molecule has 0 bridgehead atoms. The number of fused-ring (bicyclic) bond motifs is 3. The minimum Gasteiger partial charge on any atom is -0.511 e. The number of benzene rings is 1. The number of carbonyl (C=O) groups is 3. The van der Waals surface area contributed by atoms with Crippen molar-refractivity contribution >= 4 is 17.5 Å². The monoisotopic (exact) mass is 412 g/mol. The smallest absolute Gasteiger partial charge is 0.255 e. The van der Waals surface area contributed by atoms with Crippen LogP contribution in [0.1, 0.15) is 46.8 Å². The summed E-state index contributed by atoms with van der Waals surface area (Å²) >= 11 is 0. The Hall–Kier alpha value is -3.13. The van der Waals surface area contributed by atoms with E-state index in [-0.39, 0.29) is 41.5 Å². The van der Waals surface area contributed by atoms with Gasteiger partial charge in [-0.1, -0.05) is 13.0 Å². The summed E-state index contributed by atoms with van der Waals surface area (Å²) in [5.41, 5.74) is 12.8. The van der Waals surface area contributed by atoms with Crippen LogP contribution in [0.25, 0.3) is 0 Å². The van der Waals surface area contributed by atoms with Crippen LogP contribution in [0.4, 0.5) is 0 Å². The van der Waals surface area contributed by atoms with Crippen molar-refractivity contribution in [3.8, 4) is 5.75 Å². The molecule has 1 aromatic rings. The molecule has 0 heterocycles. The van der Waals surface area contributed by atoms with Crippen molar-refractivity contribution in [3.05, 3.63) is 51.0 Å². The molecule has 158 valence electrons. The normalized spacial score (nSPS) is 25.7. The van der Waals surface area contributed by atoms with E-state index in [0.717, 1.165) is 11.1 Å². The van der Waals surface area contributed by atoms with Crippen LogP contribution in [-0.4, -0.2) is 32.8 Å². The van der Waals surface area contributed by atoms with E-state index in [1.807, 2.05) is 6.92 Å². The zero-order chi connectivity index (χ0) is 21.9. The van der Waals surface area contributed by atoms with Crippen LogP contribution in [0, 0.1) is 17.8 Å². The molecule has 3 aliphatic rings. The van der Waals surface area contributed by atoms with Crippen molar-refractivity contribution in [2.75, 3.05) is 0 Å². The maximum atomic E-state index is 13.4. The molecule has 7 N–H and O–H groups in total. The summed E-state index contributed by atoms with van der Waals surface area (Å²) in [7, 11) is 0. The van der Waals surface area contributed by atoms with Crippen LogP contribution in [0.2, 0.25) is 0 Å². The van der Waals surface area contributed by atoms with Gasteiger partial charge in [0.25, 0.3) is 5.91 Å². The summed E-state index contributed by atoms with van der Waals surface area (Å²) < 4.78 is 0. The summed E-state index contributed by atoms with van der Waals surface area (Å²) in [6, 6.07) is 1.81. The summed E-state index contributed by atoms with van der Waals surface area (Å²) in [5, 5.41) is 31.8. The number of amides is 1. The molecule has 30 heavy (non-hydrogen) atoms. The minimum atomic E-state index is -1.11. The largest absolute Gasteiger partial charge is 0.511 e. The zero-order valence-electron chi connectivity index (χ0n) is 16.6. The quantitative estimate of drug-likeness (QED) is 0.469. The molecule has 8 nitrogen and oxygen atoms in total. The number of ketones is 2. The van der Waals surface area contributed by atoms with E-state index in [2.05, 4.69) is 0 Å². The van der Waals surface area contributed by atoms with Crippen molar-refractivity contribution in [1.82, 2.24) is 0 Å². The molecule has 4 rings (SSSR count). The Kier molecular flexibility index (Phi) is 4.69. The van der Waals surface area contributed by atoms with Gasteiger partial charge >= 0.3 is 0 Å². The van der Waals surface area contributed by atoms with Crippen molar-refractivity contribution in [1.29, 1.82) is 0 Å². The van der Waals surface area contributed by atoms with Crippen LogP contribution >= 0.6 is 0 Å². The first-order valence-corrected chi connectivity index (χ1v) is 10.0. The number of hydrogen-bond donors (Lipinski definition) is 5. The number of allylic oxidation sites excluding steroid dienone is 3. The number of primary amides is 1. The molecule has 0 radical (unpaired) electrons. The Morgan fingerprint density at radius 1 is 1.17 bits per heavy atom. The number of nitrogens with two attached hydrogens (primary N) is 2. The van der Waals surface area contributed by atoms with E-state index in [1.54, 1.807) is 6.07 Å². The van der Waals surface area contributed by atoms with E-state index in [0.29, 0.717) is 24.8 Å². The van der Waals surface area contributed by atoms with Gasteiger partial charge < -0.3 is 26.8 Å². The van der Waals surface area contributed by atoms with Crippen LogP contribution in [-0.2, 0) is 29.0 Å². The molecule has 0 fully saturated rings. The Morgan fingerprint density at radius 3 is 2.47 bits per heavy atom. The van der Waals surface area contributed by atoms with Gasteiger partial charge in [-0.15, -0.1) is 0 Å². The average Bonchev–Trinajstić information content (AvgIpc) is 2.67. The fraction of sp³-hybridized carbons (Fsp3) is 0.409. The number of aryl methyl sites for hydroxylation is 1. The fourth-order valence-electron chi connectivity index (χ4n) is 5.32. The summed E-state index contributed by atoms with van der Waals surface area (Å²) in [6.45, 7) is 2.01. The third-order valence-corrected chi connectivity index (χ3v) is 6.66. The van der Waals surface area contributed by atoms with E-state index in [4.69, 9.17) is 11.5 Å². The standard InChI is InChI=1S/C22H24N2O6/c1-2-8-3-11(7-23)18(26)16-12(8)5-9-4-10-6-13(25)17(22(24)30)21(29)15(10)19(27)14(9)20(16)28/h3,9-10,15,25-27H,2,4-7,23H2,1H3,(H2,24,30). The molecule has 0 aliphatic heterocycles. The van der Waals surface area contributed by atoms with E-state index < -0.39 is 40.6 Å². The highest BCUT2D eigenvalue weighted by Crippen LogP contribution is 2.50. The first-order valence-electron chi connectivity index (χ1n) is 10.0. The topological polar surface area (TPSA) is 164 Å². The molecule has 3 unspecified atom stereocenters. The third kappa shape index (κ3) is 2.67. The Bertz CT molecular complexity index is 1070. The second-order valence-corrected chi connectivity index (χ2v) is 8.21. The number of aliphatic hydroxyl groups is 2. The number of phenolic OH excluding ortho intramolecular Hbond substituents is 1. The highest BCUT2D eigenvalue weighted by Gasteiger charge is 2.50. The summed E-state index contributed by atoms with van der Waals surface area (Å²) in [5.74, 6) is -5.20. The number of phenols is 1. The molecular weight excluding hydrogens is 388 g/mol. The summed E-state index contributed by atoms with van der Waals surface area (Å²) in [6.07, 6.45) is 1.49. The van der Waals surface area contributed by atoms with E-state index in [1.165, 1.54) is 0 Å². The van der Waals surface area contributed by atoms with Crippen LogP contribution in [0.5, 0.6) is 5.75 Å². The van der Waals surface area contributed by atoms with Gasteiger partial charge in [0.2, 0.25) is 0 Å². The average molecular weight is 412 g/mol. The van der Waals surface area contributed by atoms with Crippen molar-refractivity contribution < 1.29 is 29.7 Å². The van der Waals surface area contributed by atoms with Gasteiger partial charge in [0.15, 0.2) is 11.6 Å². The molecule has 3 atom stereocenters. The van der Waals surface area contributed by atoms with Gasteiger partial charge in [0.1, 0.15) is 22.8 Å². The predicted molar refractivity (Wildman–Crippen MR) is 107 cm³/mol. The fourth-order valence-corrected chi connectivity index (χ4v) is 5.32. The van der Waals surface area contributed by atoms with Crippen LogP contribution in [0.3, 0.4) is 0 Å². The maximum Gasteiger partial charge on any atom is 0.255 e. The zero-order valence-corrected chi connectivity index (χ0v) is 16.6. The Balaban J connectivity index is 1.88. The van der Waals surface area contributed by atoms with Gasteiger partial charge in [-0.3, -0.25) is 14.4 Å². The number of carbonyl (C=O) groups excluding carboxylic acids is 3. The maximum absolute atomic E-state index is 13.4. The molecule has 0 spiro atoms. The molecule has 1 aromatic carbocycles. The summed E-state index contributed by atoms with van der Waals surface area (Å²) in [4.78, 5) is 37.8. The Morgan fingerprint density at radius 2 is 1.87 bits per heavy atom. The first-order chi connectivity index (χ1) is 14.2. The number of aromatic hydroxyl groups is 1. The lowest BCUT2D eigenvalue weighted by Crippen LogP contribution is -2.43. The molecule has 1 amide bonds. The molecule has 0 saturated heterocycles. The Labute approximate surface area is 172 Å². The lowest BCUT2D eigenvalue weighted by atomic mass is 9.62. The third-order valence-electron chi connectivity index (χ3n) is 6.66. The number of hydrogen-bond acceptors (Lipinski definition) is 7. The number of rotatable bonds is 3. The van der Waals surface area contributed by atoms with Gasteiger partial charge in [-0.25, -0.2) is 0 Å².